The summed E-state index contributed by atoms with van der Waals surface area (Å²) in [5.41, 5.74) is 1.06. The highest BCUT2D eigenvalue weighted by Gasteiger charge is 2.19. The van der Waals surface area contributed by atoms with E-state index >= 15 is 0 Å². The van der Waals surface area contributed by atoms with Gasteiger partial charge in [0.1, 0.15) is 5.00 Å². The molecular weight excluding hydrogens is 372 g/mol. The zero-order valence-electron chi connectivity index (χ0n) is 14.4. The van der Waals surface area contributed by atoms with Crippen molar-refractivity contribution in [3.05, 3.63) is 46.0 Å². The van der Waals surface area contributed by atoms with Crippen LogP contribution in [-0.2, 0) is 22.4 Å². The number of ether oxygens (including phenoxy) is 1. The molecule has 0 spiro atoms. The van der Waals surface area contributed by atoms with Crippen molar-refractivity contribution in [2.75, 3.05) is 11.9 Å². The van der Waals surface area contributed by atoms with Crippen LogP contribution >= 0.6 is 22.7 Å². The lowest BCUT2D eigenvalue weighted by Crippen LogP contribution is -2.16. The molecule has 0 bridgehead atoms. The summed E-state index contributed by atoms with van der Waals surface area (Å²) in [6, 6.07) is 5.39. The van der Waals surface area contributed by atoms with Gasteiger partial charge >= 0.3 is 5.97 Å². The number of aryl methyl sites for hydroxylation is 1. The zero-order chi connectivity index (χ0) is 18.5. The Bertz CT molecular complexity index is 896. The van der Waals surface area contributed by atoms with E-state index in [9.17, 15) is 9.59 Å². The normalized spacial score (nSPS) is 10.7. The minimum atomic E-state index is -0.424. The molecule has 0 aromatic carbocycles. The number of esters is 1. The van der Waals surface area contributed by atoms with Crippen LogP contribution in [-0.4, -0.2) is 23.5 Å². The van der Waals surface area contributed by atoms with E-state index in [1.165, 1.54) is 22.7 Å². The van der Waals surface area contributed by atoms with E-state index in [1.807, 2.05) is 18.4 Å². The van der Waals surface area contributed by atoms with E-state index in [1.54, 1.807) is 25.3 Å². The summed E-state index contributed by atoms with van der Waals surface area (Å²) in [6.45, 7) is 4.04. The Morgan fingerprint density at radius 2 is 2.19 bits per heavy atom. The standard InChI is InChI=1S/C18H18N2O4S2/c1-3-12-9-13(18(22)23-4-2)16(26-12)20-15(21)8-11-10-25-17(19-11)14-6-5-7-24-14/h5-7,9-10H,3-4,8H2,1-2H3,(H,20,21). The van der Waals surface area contributed by atoms with Crippen molar-refractivity contribution in [3.8, 4) is 10.8 Å². The maximum absolute atomic E-state index is 12.4. The van der Waals surface area contributed by atoms with Gasteiger partial charge in [-0.2, -0.15) is 0 Å². The van der Waals surface area contributed by atoms with Crippen LogP contribution in [0.4, 0.5) is 5.00 Å². The quantitative estimate of drug-likeness (QED) is 0.605. The van der Waals surface area contributed by atoms with Gasteiger partial charge in [0.2, 0.25) is 5.91 Å². The Morgan fingerprint density at radius 3 is 2.88 bits per heavy atom. The third kappa shape index (κ3) is 4.20. The Morgan fingerprint density at radius 1 is 1.35 bits per heavy atom. The number of nitrogens with zero attached hydrogens (tertiary/aromatic N) is 1. The lowest BCUT2D eigenvalue weighted by molar-refractivity contribution is -0.115. The van der Waals surface area contributed by atoms with Gasteiger partial charge in [-0.15, -0.1) is 22.7 Å². The molecule has 3 aromatic rings. The Kier molecular flexibility index (Phi) is 5.85. The topological polar surface area (TPSA) is 81.4 Å². The van der Waals surface area contributed by atoms with Crippen LogP contribution in [0.2, 0.25) is 0 Å². The number of thiophene rings is 1. The lowest BCUT2D eigenvalue weighted by Gasteiger charge is -2.05. The monoisotopic (exact) mass is 390 g/mol. The molecule has 0 aliphatic heterocycles. The molecule has 3 rings (SSSR count). The van der Waals surface area contributed by atoms with Gasteiger partial charge < -0.3 is 14.5 Å². The molecule has 0 aliphatic rings. The molecule has 0 saturated carbocycles. The van der Waals surface area contributed by atoms with Gasteiger partial charge in [-0.3, -0.25) is 4.79 Å². The van der Waals surface area contributed by atoms with Crippen molar-refractivity contribution in [2.24, 2.45) is 0 Å². The van der Waals surface area contributed by atoms with Crippen LogP contribution < -0.4 is 5.32 Å². The van der Waals surface area contributed by atoms with E-state index in [2.05, 4.69) is 10.3 Å². The van der Waals surface area contributed by atoms with Crippen molar-refractivity contribution in [1.82, 2.24) is 4.98 Å². The van der Waals surface area contributed by atoms with Crippen LogP contribution in [0.1, 0.15) is 34.8 Å². The van der Waals surface area contributed by atoms with Gasteiger partial charge in [-0.25, -0.2) is 9.78 Å². The molecule has 1 amide bonds. The fraction of sp³-hybridized carbons (Fsp3) is 0.278. The number of rotatable bonds is 7. The molecule has 8 heteroatoms. The number of aromatic nitrogens is 1. The molecule has 0 aliphatic carbocycles. The average Bonchev–Trinajstić information content (AvgIpc) is 3.35. The van der Waals surface area contributed by atoms with Gasteiger partial charge in [0.25, 0.3) is 0 Å². The summed E-state index contributed by atoms with van der Waals surface area (Å²) in [7, 11) is 0. The van der Waals surface area contributed by atoms with Gasteiger partial charge in [0.05, 0.1) is 30.5 Å². The molecule has 1 N–H and O–H groups in total. The predicted octanol–water partition coefficient (Wildman–Crippen LogP) is 4.38. The molecule has 3 heterocycles. The predicted molar refractivity (Wildman–Crippen MR) is 102 cm³/mol. The molecule has 136 valence electrons. The Balaban J connectivity index is 1.70. The molecule has 0 atom stereocenters. The summed E-state index contributed by atoms with van der Waals surface area (Å²) >= 11 is 2.81. The Hall–Kier alpha value is -2.45. The third-order valence-corrected chi connectivity index (χ3v) is 5.61. The van der Waals surface area contributed by atoms with Gasteiger partial charge in [0.15, 0.2) is 10.8 Å². The van der Waals surface area contributed by atoms with E-state index in [-0.39, 0.29) is 18.9 Å². The number of anilines is 1. The summed E-state index contributed by atoms with van der Waals surface area (Å²) in [5.74, 6) is 0.0287. The van der Waals surface area contributed by atoms with Crippen molar-refractivity contribution >= 4 is 39.6 Å². The van der Waals surface area contributed by atoms with Crippen molar-refractivity contribution in [1.29, 1.82) is 0 Å². The summed E-state index contributed by atoms with van der Waals surface area (Å²) in [4.78, 5) is 29.9. The second-order valence-electron chi connectivity index (χ2n) is 5.38. The molecule has 0 radical (unpaired) electrons. The van der Waals surface area contributed by atoms with Gasteiger partial charge in [-0.1, -0.05) is 6.92 Å². The first kappa shape index (κ1) is 18.3. The first-order chi connectivity index (χ1) is 12.6. The fourth-order valence-corrected chi connectivity index (χ4v) is 4.09. The number of nitrogens with one attached hydrogen (secondary N) is 1. The number of hydrogen-bond donors (Lipinski definition) is 1. The van der Waals surface area contributed by atoms with E-state index < -0.39 is 5.97 Å². The number of carbonyl (C=O) groups excluding carboxylic acids is 2. The third-order valence-electron chi connectivity index (χ3n) is 3.51. The lowest BCUT2D eigenvalue weighted by atomic mass is 10.2. The van der Waals surface area contributed by atoms with Crippen molar-refractivity contribution in [2.45, 2.75) is 26.7 Å². The highest BCUT2D eigenvalue weighted by Crippen LogP contribution is 2.30. The van der Waals surface area contributed by atoms with Crippen LogP contribution in [0.3, 0.4) is 0 Å². The zero-order valence-corrected chi connectivity index (χ0v) is 16.0. The number of hydrogen-bond acceptors (Lipinski definition) is 7. The summed E-state index contributed by atoms with van der Waals surface area (Å²) < 4.78 is 10.4. The number of amides is 1. The fourth-order valence-electron chi connectivity index (χ4n) is 2.31. The highest BCUT2D eigenvalue weighted by molar-refractivity contribution is 7.16. The second kappa shape index (κ2) is 8.29. The van der Waals surface area contributed by atoms with Crippen LogP contribution in [0.25, 0.3) is 10.8 Å². The van der Waals surface area contributed by atoms with Crippen LogP contribution in [0.15, 0.2) is 34.3 Å². The minimum absolute atomic E-state index is 0.124. The van der Waals surface area contributed by atoms with E-state index in [0.29, 0.717) is 22.0 Å². The summed E-state index contributed by atoms with van der Waals surface area (Å²) in [5, 5.41) is 5.90. The first-order valence-electron chi connectivity index (χ1n) is 8.18. The SMILES string of the molecule is CCOC(=O)c1cc(CC)sc1NC(=O)Cc1csc(-c2ccco2)n1. The van der Waals surface area contributed by atoms with Crippen molar-refractivity contribution in [3.63, 3.8) is 0 Å². The van der Waals surface area contributed by atoms with E-state index in [0.717, 1.165) is 16.3 Å². The number of thiazole rings is 1. The summed E-state index contributed by atoms with van der Waals surface area (Å²) in [6.07, 6.45) is 2.49. The van der Waals surface area contributed by atoms with Crippen molar-refractivity contribution < 1.29 is 18.7 Å². The van der Waals surface area contributed by atoms with E-state index in [4.69, 9.17) is 9.15 Å². The molecular formula is C18H18N2O4S2. The maximum atomic E-state index is 12.4. The molecule has 0 saturated heterocycles. The van der Waals surface area contributed by atoms with Gasteiger partial charge in [0, 0.05) is 10.3 Å². The molecule has 0 fully saturated rings. The molecule has 26 heavy (non-hydrogen) atoms. The van der Waals surface area contributed by atoms with Crippen LogP contribution in [0.5, 0.6) is 0 Å². The first-order valence-corrected chi connectivity index (χ1v) is 9.88. The maximum Gasteiger partial charge on any atom is 0.341 e. The van der Waals surface area contributed by atoms with Gasteiger partial charge in [-0.05, 0) is 31.5 Å². The molecule has 3 aromatic heterocycles. The largest absolute Gasteiger partial charge is 0.462 e. The highest BCUT2D eigenvalue weighted by atomic mass is 32.1. The Labute approximate surface area is 158 Å². The number of carbonyl (C=O) groups is 2. The smallest absolute Gasteiger partial charge is 0.341 e. The molecule has 0 unspecified atom stereocenters. The van der Waals surface area contributed by atoms with Crippen LogP contribution in [0, 0.1) is 0 Å². The minimum Gasteiger partial charge on any atom is -0.462 e. The average molecular weight is 390 g/mol. The molecule has 6 nitrogen and oxygen atoms in total. The number of furan rings is 1. The second-order valence-corrected chi connectivity index (χ2v) is 7.37.